The largest absolute Gasteiger partial charge is 0.363 e. The molecule has 0 saturated carbocycles. The topological polar surface area (TPSA) is 49.8 Å². The van der Waals surface area contributed by atoms with E-state index < -0.39 is 0 Å². The Morgan fingerprint density at radius 1 is 1.32 bits per heavy atom. The molecule has 4 nitrogen and oxygen atoms in total. The normalized spacial score (nSPS) is 12.0. The third-order valence-corrected chi connectivity index (χ3v) is 3.39. The molecule has 2 rings (SSSR count). The average Bonchev–Trinajstić information content (AvgIpc) is 2.41. The van der Waals surface area contributed by atoms with Gasteiger partial charge in [0.15, 0.2) is 0 Å². The SMILES string of the molecule is CNc1ncc(C)c(NC(C)c2cccc(Br)c2)n1. The summed E-state index contributed by atoms with van der Waals surface area (Å²) in [5.41, 5.74) is 2.24. The number of nitrogens with one attached hydrogen (secondary N) is 2. The molecule has 1 heterocycles. The Hall–Kier alpha value is -1.62. The monoisotopic (exact) mass is 320 g/mol. The van der Waals surface area contributed by atoms with Crippen LogP contribution >= 0.6 is 15.9 Å². The molecule has 0 bridgehead atoms. The lowest BCUT2D eigenvalue weighted by Crippen LogP contribution is -2.10. The van der Waals surface area contributed by atoms with Crippen LogP contribution in [0.25, 0.3) is 0 Å². The lowest BCUT2D eigenvalue weighted by atomic mass is 10.1. The molecule has 1 aromatic heterocycles. The maximum atomic E-state index is 4.43. The van der Waals surface area contributed by atoms with Gasteiger partial charge in [-0.05, 0) is 31.5 Å². The van der Waals surface area contributed by atoms with Crippen molar-refractivity contribution in [1.82, 2.24) is 9.97 Å². The summed E-state index contributed by atoms with van der Waals surface area (Å²) < 4.78 is 1.08. The fourth-order valence-corrected chi connectivity index (χ4v) is 2.19. The first-order chi connectivity index (χ1) is 9.10. The Bertz CT molecular complexity index is 571. The highest BCUT2D eigenvalue weighted by Crippen LogP contribution is 2.23. The molecule has 0 spiro atoms. The minimum absolute atomic E-state index is 0.177. The van der Waals surface area contributed by atoms with Gasteiger partial charge in [-0.3, -0.25) is 0 Å². The van der Waals surface area contributed by atoms with Crippen molar-refractivity contribution in [3.8, 4) is 0 Å². The van der Waals surface area contributed by atoms with Gasteiger partial charge in [0.25, 0.3) is 0 Å². The lowest BCUT2D eigenvalue weighted by molar-refractivity contribution is 0.868. The first-order valence-electron chi connectivity index (χ1n) is 6.13. The van der Waals surface area contributed by atoms with Gasteiger partial charge in [0.05, 0.1) is 0 Å². The molecule has 0 aliphatic heterocycles. The number of aryl methyl sites for hydroxylation is 1. The second-order valence-electron chi connectivity index (χ2n) is 4.40. The predicted octanol–water partition coefficient (Wildman–Crippen LogP) is 3.76. The number of hydrogen-bond acceptors (Lipinski definition) is 4. The number of hydrogen-bond donors (Lipinski definition) is 2. The zero-order chi connectivity index (χ0) is 13.8. The second-order valence-corrected chi connectivity index (χ2v) is 5.31. The highest BCUT2D eigenvalue weighted by molar-refractivity contribution is 9.10. The minimum atomic E-state index is 0.177. The maximum absolute atomic E-state index is 4.43. The predicted molar refractivity (Wildman–Crippen MR) is 82.5 cm³/mol. The summed E-state index contributed by atoms with van der Waals surface area (Å²) in [6, 6.07) is 8.43. The van der Waals surface area contributed by atoms with E-state index in [1.807, 2.05) is 32.3 Å². The van der Waals surface area contributed by atoms with E-state index in [1.54, 1.807) is 0 Å². The fourth-order valence-electron chi connectivity index (χ4n) is 1.77. The number of halogens is 1. The molecule has 1 unspecified atom stereocenters. The third kappa shape index (κ3) is 3.44. The number of rotatable bonds is 4. The van der Waals surface area contributed by atoms with Gasteiger partial charge in [-0.2, -0.15) is 4.98 Å². The molecule has 0 amide bonds. The smallest absolute Gasteiger partial charge is 0.224 e. The molecular weight excluding hydrogens is 304 g/mol. The quantitative estimate of drug-likeness (QED) is 0.900. The Labute approximate surface area is 121 Å². The van der Waals surface area contributed by atoms with E-state index in [0.29, 0.717) is 5.95 Å². The average molecular weight is 321 g/mol. The molecule has 100 valence electrons. The van der Waals surface area contributed by atoms with Gasteiger partial charge < -0.3 is 10.6 Å². The second kappa shape index (κ2) is 6.02. The summed E-state index contributed by atoms with van der Waals surface area (Å²) in [6.07, 6.45) is 1.81. The highest BCUT2D eigenvalue weighted by Gasteiger charge is 2.09. The van der Waals surface area contributed by atoms with E-state index in [-0.39, 0.29) is 6.04 Å². The minimum Gasteiger partial charge on any atom is -0.363 e. The van der Waals surface area contributed by atoms with Crippen LogP contribution in [0.3, 0.4) is 0 Å². The summed E-state index contributed by atoms with van der Waals surface area (Å²) in [6.45, 7) is 4.11. The first kappa shape index (κ1) is 13.8. The van der Waals surface area contributed by atoms with E-state index in [0.717, 1.165) is 15.9 Å². The van der Waals surface area contributed by atoms with Crippen LogP contribution in [0, 0.1) is 6.92 Å². The first-order valence-corrected chi connectivity index (χ1v) is 6.93. The van der Waals surface area contributed by atoms with Crippen LogP contribution in [-0.4, -0.2) is 17.0 Å². The third-order valence-electron chi connectivity index (χ3n) is 2.90. The molecule has 0 fully saturated rings. The van der Waals surface area contributed by atoms with E-state index in [4.69, 9.17) is 0 Å². The van der Waals surface area contributed by atoms with Crippen molar-refractivity contribution in [2.75, 3.05) is 17.7 Å². The molecule has 1 aromatic carbocycles. The van der Waals surface area contributed by atoms with Gasteiger partial charge in [0, 0.05) is 29.3 Å². The molecule has 19 heavy (non-hydrogen) atoms. The van der Waals surface area contributed by atoms with Crippen LogP contribution in [0.1, 0.15) is 24.1 Å². The van der Waals surface area contributed by atoms with Crippen molar-refractivity contribution in [3.63, 3.8) is 0 Å². The summed E-state index contributed by atoms with van der Waals surface area (Å²) in [7, 11) is 1.81. The molecule has 0 radical (unpaired) electrons. The van der Waals surface area contributed by atoms with Gasteiger partial charge in [0.1, 0.15) is 5.82 Å². The molecule has 0 aliphatic rings. The van der Waals surface area contributed by atoms with Crippen molar-refractivity contribution in [1.29, 1.82) is 0 Å². The van der Waals surface area contributed by atoms with Crippen LogP contribution in [0.5, 0.6) is 0 Å². The van der Waals surface area contributed by atoms with Crippen molar-refractivity contribution in [2.45, 2.75) is 19.9 Å². The van der Waals surface area contributed by atoms with Crippen LogP contribution in [0.15, 0.2) is 34.9 Å². The van der Waals surface area contributed by atoms with E-state index in [2.05, 4.69) is 55.6 Å². The molecule has 1 atom stereocenters. The molecule has 0 saturated heterocycles. The van der Waals surface area contributed by atoms with E-state index >= 15 is 0 Å². The van der Waals surface area contributed by atoms with E-state index in [1.165, 1.54) is 5.56 Å². The van der Waals surface area contributed by atoms with Gasteiger partial charge in [-0.15, -0.1) is 0 Å². The Balaban J connectivity index is 2.21. The summed E-state index contributed by atoms with van der Waals surface area (Å²) in [5, 5.41) is 6.36. The highest BCUT2D eigenvalue weighted by atomic mass is 79.9. The van der Waals surface area contributed by atoms with Crippen molar-refractivity contribution < 1.29 is 0 Å². The lowest BCUT2D eigenvalue weighted by Gasteiger charge is -2.17. The van der Waals surface area contributed by atoms with Crippen LogP contribution in [0.2, 0.25) is 0 Å². The summed E-state index contributed by atoms with van der Waals surface area (Å²) in [4.78, 5) is 8.62. The fraction of sp³-hybridized carbons (Fsp3) is 0.286. The van der Waals surface area contributed by atoms with Crippen LogP contribution in [-0.2, 0) is 0 Å². The van der Waals surface area contributed by atoms with Gasteiger partial charge in [0.2, 0.25) is 5.95 Å². The van der Waals surface area contributed by atoms with Crippen molar-refractivity contribution >= 4 is 27.7 Å². The number of aromatic nitrogens is 2. The number of nitrogens with zero attached hydrogens (tertiary/aromatic N) is 2. The number of benzene rings is 1. The molecular formula is C14H17BrN4. The summed E-state index contributed by atoms with van der Waals surface area (Å²) in [5.74, 6) is 1.47. The Kier molecular flexibility index (Phi) is 4.37. The zero-order valence-corrected chi connectivity index (χ0v) is 12.8. The standard InChI is InChI=1S/C14H17BrN4/c1-9-8-17-14(16-3)19-13(9)18-10(2)11-5-4-6-12(15)7-11/h4-8,10H,1-3H3,(H2,16,17,18,19). The summed E-state index contributed by atoms with van der Waals surface area (Å²) >= 11 is 3.49. The zero-order valence-electron chi connectivity index (χ0n) is 11.2. The van der Waals surface area contributed by atoms with E-state index in [9.17, 15) is 0 Å². The molecule has 2 aromatic rings. The van der Waals surface area contributed by atoms with Crippen molar-refractivity contribution in [3.05, 3.63) is 46.1 Å². The maximum Gasteiger partial charge on any atom is 0.224 e. The van der Waals surface area contributed by atoms with Crippen LogP contribution in [0.4, 0.5) is 11.8 Å². The van der Waals surface area contributed by atoms with Gasteiger partial charge in [-0.25, -0.2) is 4.98 Å². The Morgan fingerprint density at radius 2 is 2.11 bits per heavy atom. The molecule has 0 aliphatic carbocycles. The molecule has 5 heteroatoms. The van der Waals surface area contributed by atoms with Crippen LogP contribution < -0.4 is 10.6 Å². The van der Waals surface area contributed by atoms with Gasteiger partial charge >= 0.3 is 0 Å². The van der Waals surface area contributed by atoms with Gasteiger partial charge in [-0.1, -0.05) is 28.1 Å². The number of anilines is 2. The Morgan fingerprint density at radius 3 is 2.79 bits per heavy atom. The molecule has 2 N–H and O–H groups in total. The van der Waals surface area contributed by atoms with Crippen molar-refractivity contribution in [2.24, 2.45) is 0 Å².